The van der Waals surface area contributed by atoms with Crippen molar-refractivity contribution in [2.75, 3.05) is 0 Å². The Bertz CT molecular complexity index is 931. The molecule has 0 fully saturated rings. The van der Waals surface area contributed by atoms with Crippen LogP contribution in [0.25, 0.3) is 22.2 Å². The fourth-order valence-corrected chi connectivity index (χ4v) is 3.05. The van der Waals surface area contributed by atoms with Crippen LogP contribution in [0.15, 0.2) is 42.5 Å². The van der Waals surface area contributed by atoms with Crippen molar-refractivity contribution in [2.24, 2.45) is 0 Å². The predicted molar refractivity (Wildman–Crippen MR) is 91.7 cm³/mol. The number of aromatic nitrogens is 1. The van der Waals surface area contributed by atoms with E-state index in [1.54, 1.807) is 0 Å². The highest BCUT2D eigenvalue weighted by atomic mass is 35.5. The molecule has 0 atom stereocenters. The number of carboxylic acid groups (broad SMARTS) is 2. The summed E-state index contributed by atoms with van der Waals surface area (Å²) in [7, 11) is 0. The Morgan fingerprint density at radius 2 is 1.75 bits per heavy atom. The van der Waals surface area contributed by atoms with Crippen molar-refractivity contribution >= 4 is 34.4 Å². The average molecular weight is 344 g/mol. The molecule has 0 saturated carbocycles. The van der Waals surface area contributed by atoms with Crippen molar-refractivity contribution in [1.29, 1.82) is 0 Å². The molecule has 0 aliphatic heterocycles. The highest BCUT2D eigenvalue weighted by Gasteiger charge is 2.21. The van der Waals surface area contributed by atoms with Gasteiger partial charge in [0.25, 0.3) is 0 Å². The molecule has 0 bridgehead atoms. The Morgan fingerprint density at radius 3 is 2.38 bits per heavy atom. The fraction of sp³-hybridized carbons (Fsp3) is 0.111. The van der Waals surface area contributed by atoms with Crippen LogP contribution < -0.4 is 0 Å². The number of aromatic carboxylic acids is 1. The van der Waals surface area contributed by atoms with Gasteiger partial charge in [0.05, 0.1) is 16.1 Å². The van der Waals surface area contributed by atoms with E-state index in [0.29, 0.717) is 27.2 Å². The number of fused-ring (bicyclic) bond motifs is 1. The molecule has 0 saturated heterocycles. The number of aryl methyl sites for hydroxylation is 1. The fourth-order valence-electron chi connectivity index (χ4n) is 2.85. The van der Waals surface area contributed by atoms with E-state index in [2.05, 4.69) is 4.98 Å². The molecule has 3 N–H and O–H groups in total. The van der Waals surface area contributed by atoms with Gasteiger partial charge in [-0.15, -0.1) is 0 Å². The number of carbonyl (C=O) groups is 2. The van der Waals surface area contributed by atoms with Crippen LogP contribution in [0.1, 0.15) is 22.3 Å². The van der Waals surface area contributed by atoms with Gasteiger partial charge < -0.3 is 15.2 Å². The van der Waals surface area contributed by atoms with Crippen LogP contribution in [-0.4, -0.2) is 27.1 Å². The van der Waals surface area contributed by atoms with Crippen molar-refractivity contribution in [3.05, 3.63) is 58.6 Å². The van der Waals surface area contributed by atoms with Gasteiger partial charge in [-0.3, -0.25) is 4.79 Å². The molecule has 122 valence electrons. The third kappa shape index (κ3) is 2.86. The van der Waals surface area contributed by atoms with Crippen LogP contribution >= 0.6 is 11.6 Å². The van der Waals surface area contributed by atoms with E-state index in [4.69, 9.17) is 16.7 Å². The SMILES string of the molecule is O=C(O)CCc1c(-c2ccccc2)[nH]c2c(Cl)ccc(C(=O)O)c12. The van der Waals surface area contributed by atoms with Gasteiger partial charge in [-0.1, -0.05) is 41.9 Å². The minimum absolute atomic E-state index is 0.0988. The molecule has 3 rings (SSSR count). The zero-order chi connectivity index (χ0) is 17.3. The zero-order valence-corrected chi connectivity index (χ0v) is 13.3. The number of rotatable bonds is 5. The highest BCUT2D eigenvalue weighted by Crippen LogP contribution is 2.36. The maximum atomic E-state index is 11.6. The molecule has 24 heavy (non-hydrogen) atoms. The van der Waals surface area contributed by atoms with Gasteiger partial charge in [0, 0.05) is 17.5 Å². The Morgan fingerprint density at radius 1 is 1.04 bits per heavy atom. The standard InChI is InChI=1S/C18H14ClNO4/c19-13-8-6-12(18(23)24)15-11(7-9-14(21)22)16(20-17(13)15)10-4-2-1-3-5-10/h1-6,8,20H,7,9H2,(H,21,22)(H,23,24). The quantitative estimate of drug-likeness (QED) is 0.647. The maximum absolute atomic E-state index is 11.6. The summed E-state index contributed by atoms with van der Waals surface area (Å²) >= 11 is 6.23. The summed E-state index contributed by atoms with van der Waals surface area (Å²) in [5, 5.41) is 19.4. The second-order valence-corrected chi connectivity index (χ2v) is 5.80. The number of benzene rings is 2. The molecule has 0 aliphatic rings. The summed E-state index contributed by atoms with van der Waals surface area (Å²) in [5.41, 5.74) is 2.81. The van der Waals surface area contributed by atoms with Gasteiger partial charge >= 0.3 is 11.9 Å². The molecule has 0 amide bonds. The molecule has 0 radical (unpaired) electrons. The molecular formula is C18H14ClNO4. The summed E-state index contributed by atoms with van der Waals surface area (Å²) in [6.45, 7) is 0. The number of hydrogen-bond acceptors (Lipinski definition) is 2. The maximum Gasteiger partial charge on any atom is 0.336 e. The number of aliphatic carboxylic acids is 1. The van der Waals surface area contributed by atoms with Gasteiger partial charge in [-0.05, 0) is 29.7 Å². The second kappa shape index (κ2) is 6.37. The molecule has 1 aromatic heterocycles. The van der Waals surface area contributed by atoms with Gasteiger partial charge in [0.1, 0.15) is 0 Å². The second-order valence-electron chi connectivity index (χ2n) is 5.39. The molecule has 1 heterocycles. The summed E-state index contributed by atoms with van der Waals surface area (Å²) < 4.78 is 0. The first-order chi connectivity index (χ1) is 11.5. The Kier molecular flexibility index (Phi) is 4.27. The smallest absolute Gasteiger partial charge is 0.336 e. The van der Waals surface area contributed by atoms with Crippen molar-refractivity contribution < 1.29 is 19.8 Å². The van der Waals surface area contributed by atoms with E-state index in [9.17, 15) is 14.7 Å². The Hall–Kier alpha value is -2.79. The largest absolute Gasteiger partial charge is 0.481 e. The van der Waals surface area contributed by atoms with Crippen molar-refractivity contribution in [2.45, 2.75) is 12.8 Å². The van der Waals surface area contributed by atoms with Crippen molar-refractivity contribution in [3.63, 3.8) is 0 Å². The summed E-state index contributed by atoms with van der Waals surface area (Å²) in [4.78, 5) is 25.8. The van der Waals surface area contributed by atoms with Gasteiger partial charge in [0.15, 0.2) is 0 Å². The lowest BCUT2D eigenvalue weighted by atomic mass is 9.98. The van der Waals surface area contributed by atoms with E-state index >= 15 is 0 Å². The van der Waals surface area contributed by atoms with Crippen LogP contribution in [0.5, 0.6) is 0 Å². The molecule has 0 aliphatic carbocycles. The van der Waals surface area contributed by atoms with E-state index in [0.717, 1.165) is 5.56 Å². The van der Waals surface area contributed by atoms with Crippen LogP contribution in [-0.2, 0) is 11.2 Å². The summed E-state index contributed by atoms with van der Waals surface area (Å²) in [5.74, 6) is -2.02. The molecule has 2 aromatic carbocycles. The number of H-pyrrole nitrogens is 1. The lowest BCUT2D eigenvalue weighted by molar-refractivity contribution is -0.136. The predicted octanol–water partition coefficient (Wildman–Crippen LogP) is 4.20. The van der Waals surface area contributed by atoms with Crippen LogP contribution in [0, 0.1) is 0 Å². The first kappa shape index (κ1) is 16.1. The van der Waals surface area contributed by atoms with Crippen molar-refractivity contribution in [3.8, 4) is 11.3 Å². The molecular weight excluding hydrogens is 330 g/mol. The van der Waals surface area contributed by atoms with E-state index < -0.39 is 11.9 Å². The molecule has 6 heteroatoms. The molecule has 0 spiro atoms. The molecule has 3 aromatic rings. The minimum atomic E-state index is -1.08. The van der Waals surface area contributed by atoms with Gasteiger partial charge in [-0.25, -0.2) is 4.79 Å². The first-order valence-corrected chi connectivity index (χ1v) is 7.70. The number of nitrogens with one attached hydrogen (secondary N) is 1. The first-order valence-electron chi connectivity index (χ1n) is 7.32. The topological polar surface area (TPSA) is 90.4 Å². The van der Waals surface area contributed by atoms with Crippen LogP contribution in [0.4, 0.5) is 0 Å². The lowest BCUT2D eigenvalue weighted by Crippen LogP contribution is -2.01. The van der Waals surface area contributed by atoms with Crippen LogP contribution in [0.2, 0.25) is 5.02 Å². The molecule has 0 unspecified atom stereocenters. The Balaban J connectivity index is 2.33. The summed E-state index contributed by atoms with van der Waals surface area (Å²) in [6, 6.07) is 12.3. The van der Waals surface area contributed by atoms with E-state index in [-0.39, 0.29) is 18.4 Å². The van der Waals surface area contributed by atoms with Crippen LogP contribution in [0.3, 0.4) is 0 Å². The summed E-state index contributed by atoms with van der Waals surface area (Å²) in [6.07, 6.45) is 0.110. The normalized spacial score (nSPS) is 10.9. The number of carboxylic acids is 2. The number of halogens is 1. The minimum Gasteiger partial charge on any atom is -0.481 e. The zero-order valence-electron chi connectivity index (χ0n) is 12.5. The monoisotopic (exact) mass is 343 g/mol. The van der Waals surface area contributed by atoms with Gasteiger partial charge in [0.2, 0.25) is 0 Å². The highest BCUT2D eigenvalue weighted by molar-refractivity contribution is 6.36. The lowest BCUT2D eigenvalue weighted by Gasteiger charge is -2.05. The third-order valence-electron chi connectivity index (χ3n) is 3.89. The van der Waals surface area contributed by atoms with Crippen molar-refractivity contribution in [1.82, 2.24) is 4.98 Å². The Labute approximate surface area is 142 Å². The van der Waals surface area contributed by atoms with E-state index in [1.807, 2.05) is 30.3 Å². The molecule has 5 nitrogen and oxygen atoms in total. The third-order valence-corrected chi connectivity index (χ3v) is 4.20. The number of hydrogen-bond donors (Lipinski definition) is 3. The number of aromatic amines is 1. The van der Waals surface area contributed by atoms with Gasteiger partial charge in [-0.2, -0.15) is 0 Å². The van der Waals surface area contributed by atoms with E-state index in [1.165, 1.54) is 12.1 Å². The average Bonchev–Trinajstić information content (AvgIpc) is 2.94.